The quantitative estimate of drug-likeness (QED) is 0.925. The molecule has 2 aromatic carbocycles. The van der Waals surface area contributed by atoms with Gasteiger partial charge in [-0.25, -0.2) is 0 Å². The van der Waals surface area contributed by atoms with Crippen LogP contribution in [0, 0.1) is 0 Å². The summed E-state index contributed by atoms with van der Waals surface area (Å²) in [4.78, 5) is 14.4. The van der Waals surface area contributed by atoms with Crippen molar-refractivity contribution in [2.45, 2.75) is 31.2 Å². The van der Waals surface area contributed by atoms with Crippen LogP contribution >= 0.6 is 0 Å². The Kier molecular flexibility index (Phi) is 3.23. The minimum Gasteiger partial charge on any atom is -0.339 e. The highest BCUT2D eigenvalue weighted by atomic mass is 16.1. The topological polar surface area (TPSA) is 46.3 Å². The van der Waals surface area contributed by atoms with E-state index >= 15 is 0 Å². The number of fused-ring (bicyclic) bond motifs is 1. The van der Waals surface area contributed by atoms with Gasteiger partial charge in [0.1, 0.15) is 0 Å². The fraction of sp³-hybridized carbons (Fsp3) is 0.316. The van der Waals surface area contributed by atoms with E-state index in [0.717, 1.165) is 22.9 Å². The first-order valence-corrected chi connectivity index (χ1v) is 7.96. The SMILES string of the molecule is N[C@H]1CN(c2cccc(C3CC3)c2)c2ccccc2CC1=O. The maximum absolute atomic E-state index is 12.2. The standard InChI is InChI=1S/C19H20N2O/c20-17-12-21(16-6-3-5-14(10-16)13-8-9-13)18-7-2-1-4-15(18)11-19(17)22/h1-7,10,13,17H,8-9,11-12,20H2/t17-/m0/s1. The lowest BCUT2D eigenvalue weighted by Gasteiger charge is -2.26. The van der Waals surface area contributed by atoms with Gasteiger partial charge in [0, 0.05) is 24.3 Å². The van der Waals surface area contributed by atoms with E-state index in [4.69, 9.17) is 5.73 Å². The fourth-order valence-electron chi connectivity index (χ4n) is 3.25. The van der Waals surface area contributed by atoms with Crippen molar-refractivity contribution < 1.29 is 4.79 Å². The van der Waals surface area contributed by atoms with E-state index in [1.807, 2.05) is 18.2 Å². The zero-order valence-corrected chi connectivity index (χ0v) is 12.5. The van der Waals surface area contributed by atoms with Crippen LogP contribution < -0.4 is 10.6 Å². The van der Waals surface area contributed by atoms with Crippen molar-refractivity contribution in [3.8, 4) is 0 Å². The fourth-order valence-corrected chi connectivity index (χ4v) is 3.25. The molecule has 0 amide bonds. The number of nitrogens with two attached hydrogens (primary N) is 1. The van der Waals surface area contributed by atoms with Gasteiger partial charge in [-0.05, 0) is 48.1 Å². The number of para-hydroxylation sites is 1. The van der Waals surface area contributed by atoms with Crippen molar-refractivity contribution >= 4 is 17.2 Å². The second-order valence-electron chi connectivity index (χ2n) is 6.36. The van der Waals surface area contributed by atoms with Crippen molar-refractivity contribution in [1.29, 1.82) is 0 Å². The number of carbonyl (C=O) groups is 1. The number of Topliss-reactive ketones (excluding diaryl/α,β-unsaturated/α-hetero) is 1. The Morgan fingerprint density at radius 1 is 1.05 bits per heavy atom. The average Bonchev–Trinajstić information content (AvgIpc) is 3.38. The lowest BCUT2D eigenvalue weighted by molar-refractivity contribution is -0.119. The van der Waals surface area contributed by atoms with E-state index in [2.05, 4.69) is 35.2 Å². The highest BCUT2D eigenvalue weighted by Crippen LogP contribution is 2.42. The maximum Gasteiger partial charge on any atom is 0.155 e. The molecular formula is C19H20N2O. The van der Waals surface area contributed by atoms with Crippen molar-refractivity contribution in [3.63, 3.8) is 0 Å². The Balaban J connectivity index is 1.79. The summed E-state index contributed by atoms with van der Waals surface area (Å²) in [5, 5.41) is 0. The monoisotopic (exact) mass is 292 g/mol. The molecule has 0 spiro atoms. The molecule has 0 radical (unpaired) electrons. The Morgan fingerprint density at radius 2 is 1.86 bits per heavy atom. The summed E-state index contributed by atoms with van der Waals surface area (Å²) in [6.07, 6.45) is 3.01. The minimum atomic E-state index is -0.433. The van der Waals surface area contributed by atoms with Crippen LogP contribution in [-0.2, 0) is 11.2 Å². The molecule has 1 aliphatic heterocycles. The first-order chi connectivity index (χ1) is 10.7. The Hall–Kier alpha value is -2.13. The molecule has 2 aromatic rings. The van der Waals surface area contributed by atoms with Crippen LogP contribution in [0.1, 0.15) is 29.9 Å². The van der Waals surface area contributed by atoms with Gasteiger partial charge in [0.05, 0.1) is 6.04 Å². The predicted molar refractivity (Wildman–Crippen MR) is 88.6 cm³/mol. The molecule has 1 saturated carbocycles. The van der Waals surface area contributed by atoms with Crippen LogP contribution in [-0.4, -0.2) is 18.4 Å². The zero-order chi connectivity index (χ0) is 15.1. The molecule has 4 rings (SSSR count). The van der Waals surface area contributed by atoms with Gasteiger partial charge in [-0.15, -0.1) is 0 Å². The molecule has 112 valence electrons. The molecule has 0 aromatic heterocycles. The molecule has 2 aliphatic rings. The van der Waals surface area contributed by atoms with Crippen LogP contribution in [0.25, 0.3) is 0 Å². The molecule has 22 heavy (non-hydrogen) atoms. The minimum absolute atomic E-state index is 0.119. The number of nitrogens with zero attached hydrogens (tertiary/aromatic N) is 1. The third-order valence-electron chi connectivity index (χ3n) is 4.67. The normalized spacial score (nSPS) is 21.4. The molecule has 0 saturated heterocycles. The van der Waals surface area contributed by atoms with Gasteiger partial charge in [0.25, 0.3) is 0 Å². The highest BCUT2D eigenvalue weighted by Gasteiger charge is 2.28. The molecule has 3 nitrogen and oxygen atoms in total. The van der Waals surface area contributed by atoms with E-state index in [-0.39, 0.29) is 5.78 Å². The van der Waals surface area contributed by atoms with Gasteiger partial charge in [-0.2, -0.15) is 0 Å². The third kappa shape index (κ3) is 2.42. The summed E-state index contributed by atoms with van der Waals surface area (Å²) in [6, 6.07) is 16.4. The average molecular weight is 292 g/mol. The molecule has 1 heterocycles. The first kappa shape index (κ1) is 13.5. The van der Waals surface area contributed by atoms with Crippen molar-refractivity contribution in [3.05, 3.63) is 59.7 Å². The Morgan fingerprint density at radius 3 is 2.68 bits per heavy atom. The second kappa shape index (κ2) is 5.25. The number of hydrogen-bond acceptors (Lipinski definition) is 3. The van der Waals surface area contributed by atoms with Gasteiger partial charge >= 0.3 is 0 Å². The lowest BCUT2D eigenvalue weighted by atomic mass is 10.1. The van der Waals surface area contributed by atoms with E-state index in [9.17, 15) is 4.79 Å². The van der Waals surface area contributed by atoms with E-state index in [1.165, 1.54) is 18.4 Å². The van der Waals surface area contributed by atoms with Gasteiger partial charge in [-0.3, -0.25) is 4.79 Å². The lowest BCUT2D eigenvalue weighted by Crippen LogP contribution is -2.39. The molecule has 3 heteroatoms. The molecule has 1 aliphatic carbocycles. The van der Waals surface area contributed by atoms with Crippen LogP contribution in [0.2, 0.25) is 0 Å². The summed E-state index contributed by atoms with van der Waals surface area (Å²) in [6.45, 7) is 0.546. The van der Waals surface area contributed by atoms with Crippen molar-refractivity contribution in [2.75, 3.05) is 11.4 Å². The summed E-state index contributed by atoms with van der Waals surface area (Å²) in [5.74, 6) is 0.839. The number of rotatable bonds is 2. The summed E-state index contributed by atoms with van der Waals surface area (Å²) >= 11 is 0. The van der Waals surface area contributed by atoms with Crippen molar-refractivity contribution in [2.24, 2.45) is 5.73 Å². The molecular weight excluding hydrogens is 272 g/mol. The highest BCUT2D eigenvalue weighted by molar-refractivity contribution is 5.90. The van der Waals surface area contributed by atoms with E-state index in [1.54, 1.807) is 0 Å². The summed E-state index contributed by atoms with van der Waals surface area (Å²) in [5.41, 5.74) is 10.8. The van der Waals surface area contributed by atoms with Gasteiger partial charge < -0.3 is 10.6 Å². The van der Waals surface area contributed by atoms with Gasteiger partial charge in [0.2, 0.25) is 0 Å². The smallest absolute Gasteiger partial charge is 0.155 e. The zero-order valence-electron chi connectivity index (χ0n) is 12.5. The number of hydrogen-bond donors (Lipinski definition) is 1. The molecule has 0 bridgehead atoms. The van der Waals surface area contributed by atoms with Crippen LogP contribution in [0.5, 0.6) is 0 Å². The first-order valence-electron chi connectivity index (χ1n) is 7.96. The predicted octanol–water partition coefficient (Wildman–Crippen LogP) is 3.15. The number of anilines is 2. The molecule has 1 fully saturated rings. The Labute approximate surface area is 130 Å². The van der Waals surface area contributed by atoms with Crippen molar-refractivity contribution in [1.82, 2.24) is 0 Å². The molecule has 1 atom stereocenters. The van der Waals surface area contributed by atoms with E-state index < -0.39 is 6.04 Å². The molecule has 0 unspecified atom stereocenters. The Bertz CT molecular complexity index is 721. The van der Waals surface area contributed by atoms with Crippen LogP contribution in [0.4, 0.5) is 11.4 Å². The number of benzene rings is 2. The van der Waals surface area contributed by atoms with E-state index in [0.29, 0.717) is 13.0 Å². The maximum atomic E-state index is 12.2. The van der Waals surface area contributed by atoms with Crippen LogP contribution in [0.15, 0.2) is 48.5 Å². The summed E-state index contributed by atoms with van der Waals surface area (Å²) < 4.78 is 0. The number of ketones is 1. The van der Waals surface area contributed by atoms with Gasteiger partial charge in [0.15, 0.2) is 5.78 Å². The molecule has 2 N–H and O–H groups in total. The van der Waals surface area contributed by atoms with Gasteiger partial charge in [-0.1, -0.05) is 30.3 Å². The summed E-state index contributed by atoms with van der Waals surface area (Å²) in [7, 11) is 0. The third-order valence-corrected chi connectivity index (χ3v) is 4.67. The largest absolute Gasteiger partial charge is 0.339 e. The van der Waals surface area contributed by atoms with Crippen LogP contribution in [0.3, 0.4) is 0 Å². The second-order valence-corrected chi connectivity index (χ2v) is 6.36. The number of carbonyl (C=O) groups excluding carboxylic acids is 1.